The van der Waals surface area contributed by atoms with Gasteiger partial charge in [-0.3, -0.25) is 0 Å². The van der Waals surface area contributed by atoms with Crippen LogP contribution in [0.4, 0.5) is 27.8 Å². The molecular weight excluding hydrogens is 477 g/mol. The molecule has 0 amide bonds. The van der Waals surface area contributed by atoms with Gasteiger partial charge in [0.05, 0.1) is 10.7 Å². The molecule has 190 valence electrons. The standard InChI is InChI=1S/C27H33ClFN7/c1-18-6-5-13-36(18)27-30-23(20-7-9-21(29)10-8-20)16-25(32-27)35-15-14-34(17-19(35)2)26-22(28)11-12-24(31-26)33(3)4/h7-12,16,18-19H,5-6,13-15,17H2,1-4H3. The van der Waals surface area contributed by atoms with E-state index in [-0.39, 0.29) is 11.9 Å². The Balaban J connectivity index is 1.45. The van der Waals surface area contributed by atoms with Crippen LogP contribution in [-0.4, -0.2) is 67.3 Å². The average molecular weight is 510 g/mol. The lowest BCUT2D eigenvalue weighted by atomic mass is 10.1. The van der Waals surface area contributed by atoms with E-state index in [0.29, 0.717) is 11.1 Å². The van der Waals surface area contributed by atoms with Gasteiger partial charge in [-0.25, -0.2) is 14.4 Å². The fourth-order valence-electron chi connectivity index (χ4n) is 5.08. The maximum atomic E-state index is 13.6. The van der Waals surface area contributed by atoms with Crippen molar-refractivity contribution in [2.45, 2.75) is 38.8 Å². The molecular formula is C27H33ClFN7. The SMILES string of the molecule is CC1CN(c2nc(N(C)C)ccc2Cl)CCN1c1cc(-c2ccc(F)cc2)nc(N2CCCC2C)n1. The Morgan fingerprint density at radius 1 is 0.917 bits per heavy atom. The van der Waals surface area contributed by atoms with Crippen molar-refractivity contribution < 1.29 is 4.39 Å². The molecule has 0 radical (unpaired) electrons. The van der Waals surface area contributed by atoms with Crippen LogP contribution >= 0.6 is 11.6 Å². The van der Waals surface area contributed by atoms with Gasteiger partial charge >= 0.3 is 0 Å². The molecule has 9 heteroatoms. The van der Waals surface area contributed by atoms with Crippen molar-refractivity contribution in [2.75, 3.05) is 59.9 Å². The summed E-state index contributed by atoms with van der Waals surface area (Å²) in [5, 5.41) is 0.659. The molecule has 1 aromatic carbocycles. The first-order chi connectivity index (χ1) is 17.3. The number of hydrogen-bond donors (Lipinski definition) is 0. The summed E-state index contributed by atoms with van der Waals surface area (Å²) in [7, 11) is 3.96. The third-order valence-electron chi connectivity index (χ3n) is 7.14. The minimum atomic E-state index is -0.253. The van der Waals surface area contributed by atoms with Gasteiger partial charge in [-0.1, -0.05) is 11.6 Å². The third-order valence-corrected chi connectivity index (χ3v) is 7.44. The van der Waals surface area contributed by atoms with Gasteiger partial charge in [0.2, 0.25) is 5.95 Å². The Bertz CT molecular complexity index is 1220. The highest BCUT2D eigenvalue weighted by atomic mass is 35.5. The van der Waals surface area contributed by atoms with Crippen molar-refractivity contribution in [3.05, 3.63) is 53.3 Å². The normalized spacial score (nSPS) is 20.2. The van der Waals surface area contributed by atoms with Gasteiger partial charge in [-0.2, -0.15) is 4.98 Å². The van der Waals surface area contributed by atoms with Gasteiger partial charge in [-0.15, -0.1) is 0 Å². The Morgan fingerprint density at radius 3 is 2.36 bits per heavy atom. The quantitative estimate of drug-likeness (QED) is 0.474. The van der Waals surface area contributed by atoms with Crippen molar-refractivity contribution in [3.63, 3.8) is 0 Å². The van der Waals surface area contributed by atoms with E-state index in [1.807, 2.05) is 37.2 Å². The summed E-state index contributed by atoms with van der Waals surface area (Å²) in [4.78, 5) is 23.6. The smallest absolute Gasteiger partial charge is 0.228 e. The monoisotopic (exact) mass is 509 g/mol. The van der Waals surface area contributed by atoms with E-state index in [1.165, 1.54) is 12.1 Å². The number of aromatic nitrogens is 3. The van der Waals surface area contributed by atoms with Crippen molar-refractivity contribution in [1.29, 1.82) is 0 Å². The highest BCUT2D eigenvalue weighted by Gasteiger charge is 2.29. The zero-order chi connectivity index (χ0) is 25.4. The summed E-state index contributed by atoms with van der Waals surface area (Å²) in [6, 6.07) is 13.0. The molecule has 0 aliphatic carbocycles. The molecule has 2 unspecified atom stereocenters. The molecule has 36 heavy (non-hydrogen) atoms. The fraction of sp³-hybridized carbons (Fsp3) is 0.444. The lowest BCUT2D eigenvalue weighted by Gasteiger charge is -2.41. The summed E-state index contributed by atoms with van der Waals surface area (Å²) >= 11 is 6.55. The molecule has 2 atom stereocenters. The number of anilines is 4. The summed E-state index contributed by atoms with van der Waals surface area (Å²) < 4.78 is 13.6. The van der Waals surface area contributed by atoms with Crippen LogP contribution in [-0.2, 0) is 0 Å². The molecule has 2 fully saturated rings. The zero-order valence-corrected chi connectivity index (χ0v) is 22.1. The number of piperazine rings is 1. The van der Waals surface area contributed by atoms with Crippen LogP contribution in [0.5, 0.6) is 0 Å². The van der Waals surface area contributed by atoms with Crippen molar-refractivity contribution in [2.24, 2.45) is 0 Å². The molecule has 2 aromatic heterocycles. The van der Waals surface area contributed by atoms with Crippen LogP contribution < -0.4 is 19.6 Å². The maximum Gasteiger partial charge on any atom is 0.228 e. The second kappa shape index (κ2) is 10.1. The molecule has 7 nitrogen and oxygen atoms in total. The molecule has 2 aliphatic rings. The minimum absolute atomic E-state index is 0.180. The van der Waals surface area contributed by atoms with Crippen LogP contribution in [0.25, 0.3) is 11.3 Å². The second-order valence-electron chi connectivity index (χ2n) is 9.96. The Kier molecular flexibility index (Phi) is 6.88. The average Bonchev–Trinajstić information content (AvgIpc) is 3.30. The van der Waals surface area contributed by atoms with E-state index in [1.54, 1.807) is 12.1 Å². The van der Waals surface area contributed by atoms with E-state index in [2.05, 4.69) is 28.5 Å². The zero-order valence-electron chi connectivity index (χ0n) is 21.3. The third kappa shape index (κ3) is 4.91. The molecule has 3 aromatic rings. The van der Waals surface area contributed by atoms with Crippen LogP contribution in [0.1, 0.15) is 26.7 Å². The van der Waals surface area contributed by atoms with Crippen molar-refractivity contribution in [3.8, 4) is 11.3 Å². The first kappa shape index (κ1) is 24.6. The van der Waals surface area contributed by atoms with Gasteiger partial charge in [0, 0.05) is 64.0 Å². The first-order valence-corrected chi connectivity index (χ1v) is 12.9. The Labute approximate surface area is 217 Å². The summed E-state index contributed by atoms with van der Waals surface area (Å²) in [5.74, 6) is 3.09. The van der Waals surface area contributed by atoms with E-state index in [4.69, 9.17) is 26.6 Å². The van der Waals surface area contributed by atoms with E-state index < -0.39 is 0 Å². The molecule has 2 saturated heterocycles. The molecule has 4 heterocycles. The van der Waals surface area contributed by atoms with E-state index >= 15 is 0 Å². The predicted octanol–water partition coefficient (Wildman–Crippen LogP) is 5.10. The van der Waals surface area contributed by atoms with Gasteiger partial charge < -0.3 is 19.6 Å². The number of nitrogens with zero attached hydrogens (tertiary/aromatic N) is 7. The van der Waals surface area contributed by atoms with Crippen molar-refractivity contribution >= 4 is 35.0 Å². The highest BCUT2D eigenvalue weighted by Crippen LogP contribution is 2.32. The molecule has 2 aliphatic heterocycles. The molecule has 0 bridgehead atoms. The van der Waals surface area contributed by atoms with Gasteiger partial charge in [0.15, 0.2) is 0 Å². The maximum absolute atomic E-state index is 13.6. The summed E-state index contributed by atoms with van der Waals surface area (Å²) in [6.07, 6.45) is 2.27. The topological polar surface area (TPSA) is 51.6 Å². The van der Waals surface area contributed by atoms with E-state index in [9.17, 15) is 4.39 Å². The van der Waals surface area contributed by atoms with Crippen LogP contribution in [0.2, 0.25) is 5.02 Å². The first-order valence-electron chi connectivity index (χ1n) is 12.6. The Morgan fingerprint density at radius 2 is 1.69 bits per heavy atom. The fourth-order valence-corrected chi connectivity index (χ4v) is 5.30. The number of benzene rings is 1. The van der Waals surface area contributed by atoms with Gasteiger partial charge in [0.1, 0.15) is 23.3 Å². The largest absolute Gasteiger partial charge is 0.363 e. The summed E-state index contributed by atoms with van der Waals surface area (Å²) in [6.45, 7) is 7.70. The number of hydrogen-bond acceptors (Lipinski definition) is 7. The molecule has 0 N–H and O–H groups in total. The van der Waals surface area contributed by atoms with Crippen molar-refractivity contribution in [1.82, 2.24) is 15.0 Å². The Hall–Kier alpha value is -3.13. The van der Waals surface area contributed by atoms with Crippen LogP contribution in [0.15, 0.2) is 42.5 Å². The number of rotatable bonds is 5. The van der Waals surface area contributed by atoms with Gasteiger partial charge in [0.25, 0.3) is 0 Å². The lowest BCUT2D eigenvalue weighted by molar-refractivity contribution is 0.542. The summed E-state index contributed by atoms with van der Waals surface area (Å²) in [5.41, 5.74) is 1.70. The molecule has 0 spiro atoms. The second-order valence-corrected chi connectivity index (χ2v) is 10.4. The highest BCUT2D eigenvalue weighted by molar-refractivity contribution is 6.33. The van der Waals surface area contributed by atoms with Gasteiger partial charge in [-0.05, 0) is 63.1 Å². The molecule has 0 saturated carbocycles. The number of pyridine rings is 1. The predicted molar refractivity (Wildman–Crippen MR) is 146 cm³/mol. The number of halogens is 2. The van der Waals surface area contributed by atoms with Crippen LogP contribution in [0, 0.1) is 5.82 Å². The van der Waals surface area contributed by atoms with Crippen LogP contribution in [0.3, 0.4) is 0 Å². The lowest BCUT2D eigenvalue weighted by Crippen LogP contribution is -2.53. The van der Waals surface area contributed by atoms with E-state index in [0.717, 1.165) is 73.7 Å². The minimum Gasteiger partial charge on any atom is -0.363 e. The molecule has 5 rings (SSSR count).